The van der Waals surface area contributed by atoms with Crippen molar-refractivity contribution in [3.05, 3.63) is 54.2 Å². The Labute approximate surface area is 184 Å². The first-order chi connectivity index (χ1) is 14.9. The minimum Gasteiger partial charge on any atom is -0.385 e. The van der Waals surface area contributed by atoms with Gasteiger partial charge in [0.25, 0.3) is 0 Å². The first-order valence-corrected chi connectivity index (χ1v) is 10.9. The van der Waals surface area contributed by atoms with Crippen LogP contribution in [-0.2, 0) is 4.79 Å². The summed E-state index contributed by atoms with van der Waals surface area (Å²) in [7, 11) is 0. The van der Waals surface area contributed by atoms with E-state index in [1.165, 1.54) is 11.3 Å². The number of fused-ring (bicyclic) bond motifs is 1. The lowest BCUT2D eigenvalue weighted by Crippen LogP contribution is -2.09. The van der Waals surface area contributed by atoms with Gasteiger partial charge in [-0.25, -0.2) is 15.0 Å². The maximum atomic E-state index is 12.1. The third kappa shape index (κ3) is 4.60. The fourth-order valence-electron chi connectivity index (χ4n) is 3.18. The third-order valence-electron chi connectivity index (χ3n) is 4.78. The summed E-state index contributed by atoms with van der Waals surface area (Å²) in [5.41, 5.74) is 5.30. The van der Waals surface area contributed by atoms with Gasteiger partial charge in [0, 0.05) is 36.1 Å². The molecule has 7 nitrogen and oxygen atoms in total. The van der Waals surface area contributed by atoms with Crippen molar-refractivity contribution in [2.75, 3.05) is 5.32 Å². The molecule has 1 aromatic carbocycles. The van der Waals surface area contributed by atoms with Crippen LogP contribution in [0.25, 0.3) is 32.6 Å². The van der Waals surface area contributed by atoms with Gasteiger partial charge in [-0.1, -0.05) is 24.3 Å². The van der Waals surface area contributed by atoms with Gasteiger partial charge in [0.1, 0.15) is 6.10 Å². The van der Waals surface area contributed by atoms with Crippen molar-refractivity contribution in [3.63, 3.8) is 0 Å². The van der Waals surface area contributed by atoms with Gasteiger partial charge in [-0.15, -0.1) is 0 Å². The zero-order valence-electron chi connectivity index (χ0n) is 17.6. The topological polar surface area (TPSA) is 101 Å². The van der Waals surface area contributed by atoms with E-state index in [0.29, 0.717) is 17.4 Å². The first-order valence-electron chi connectivity index (χ1n) is 10.1. The lowest BCUT2D eigenvalue weighted by molar-refractivity contribution is -0.116. The molecule has 0 aliphatic heterocycles. The Balaban J connectivity index is 1.83. The van der Waals surface area contributed by atoms with Crippen LogP contribution in [0.5, 0.6) is 0 Å². The van der Waals surface area contributed by atoms with Gasteiger partial charge in [-0.05, 0) is 49.6 Å². The van der Waals surface area contributed by atoms with Gasteiger partial charge in [0.2, 0.25) is 5.91 Å². The number of aliphatic hydroxyl groups excluding tert-OH is 1. The molecule has 3 aromatic heterocycles. The van der Waals surface area contributed by atoms with E-state index in [4.69, 9.17) is 0 Å². The zero-order chi connectivity index (χ0) is 22.0. The molecule has 1 atom stereocenters. The van der Waals surface area contributed by atoms with Gasteiger partial charge in [0.05, 0.1) is 15.9 Å². The third-order valence-corrected chi connectivity index (χ3v) is 5.80. The van der Waals surface area contributed by atoms with Crippen molar-refractivity contribution >= 4 is 32.6 Å². The summed E-state index contributed by atoms with van der Waals surface area (Å²) in [6.45, 7) is 5.60. The maximum Gasteiger partial charge on any atom is 0.226 e. The Morgan fingerprint density at radius 3 is 2.55 bits per heavy atom. The fourth-order valence-corrected chi connectivity index (χ4v) is 4.17. The average molecular weight is 434 g/mol. The Hall–Kier alpha value is -3.23. The van der Waals surface area contributed by atoms with Crippen molar-refractivity contribution in [2.24, 2.45) is 0 Å². The van der Waals surface area contributed by atoms with Crippen LogP contribution in [-0.4, -0.2) is 30.9 Å². The van der Waals surface area contributed by atoms with Crippen LogP contribution in [0, 0.1) is 6.92 Å². The molecule has 0 saturated heterocycles. The van der Waals surface area contributed by atoms with E-state index in [1.54, 1.807) is 19.3 Å². The molecular formula is C23H23N5O2S. The number of pyridine rings is 1. The minimum absolute atomic E-state index is 0.0427. The Bertz CT molecular complexity index is 1220. The molecule has 0 bridgehead atoms. The number of hydrogen-bond acceptors (Lipinski definition) is 7. The van der Waals surface area contributed by atoms with Crippen molar-refractivity contribution < 1.29 is 9.90 Å². The van der Waals surface area contributed by atoms with E-state index in [1.807, 2.05) is 44.3 Å². The molecule has 158 valence electrons. The Morgan fingerprint density at radius 2 is 1.90 bits per heavy atom. The van der Waals surface area contributed by atoms with E-state index in [9.17, 15) is 9.90 Å². The van der Waals surface area contributed by atoms with Gasteiger partial charge in [0.15, 0.2) is 11.0 Å². The largest absolute Gasteiger partial charge is 0.385 e. The second kappa shape index (κ2) is 8.87. The highest BCUT2D eigenvalue weighted by atomic mass is 32.1. The number of hydrogen-bond donors (Lipinski definition) is 2. The SMILES string of the molecule is CCCC(=O)Nc1nc2cc(-c3cnc(C(C)O)nc3)cc(-c3ccc(C)cn3)c2s1. The summed E-state index contributed by atoms with van der Waals surface area (Å²) in [5, 5.41) is 13.1. The number of carbonyl (C=O) groups is 1. The number of anilines is 1. The van der Waals surface area contributed by atoms with E-state index >= 15 is 0 Å². The minimum atomic E-state index is -0.725. The van der Waals surface area contributed by atoms with Crippen molar-refractivity contribution in [3.8, 4) is 22.4 Å². The predicted octanol–water partition coefficient (Wildman–Crippen LogP) is 4.92. The molecule has 0 aliphatic rings. The summed E-state index contributed by atoms with van der Waals surface area (Å²) in [6.07, 6.45) is 5.73. The number of carbonyl (C=O) groups excluding carboxylic acids is 1. The maximum absolute atomic E-state index is 12.1. The molecular weight excluding hydrogens is 410 g/mol. The fraction of sp³-hybridized carbons (Fsp3) is 0.261. The van der Waals surface area contributed by atoms with Crippen molar-refractivity contribution in [1.29, 1.82) is 0 Å². The van der Waals surface area contributed by atoms with Gasteiger partial charge in [-0.2, -0.15) is 0 Å². The molecule has 4 rings (SSSR count). The number of aromatic nitrogens is 4. The molecule has 0 spiro atoms. The van der Waals surface area contributed by atoms with Crippen LogP contribution in [0.2, 0.25) is 0 Å². The number of aliphatic hydroxyl groups is 1. The second-order valence-electron chi connectivity index (χ2n) is 7.42. The molecule has 3 heterocycles. The van der Waals surface area contributed by atoms with Crippen molar-refractivity contribution in [1.82, 2.24) is 19.9 Å². The van der Waals surface area contributed by atoms with Crippen LogP contribution in [0.1, 0.15) is 44.2 Å². The van der Waals surface area contributed by atoms with E-state index in [2.05, 4.69) is 25.3 Å². The highest BCUT2D eigenvalue weighted by Gasteiger charge is 2.16. The number of rotatable bonds is 6. The summed E-state index contributed by atoms with van der Waals surface area (Å²) in [4.78, 5) is 29.8. The standard InChI is InChI=1S/C23H23N5O2S/c1-4-5-20(30)28-23-27-19-9-15(16-11-25-22(14(3)29)26-12-16)8-17(21(19)31-23)18-7-6-13(2)10-24-18/h6-12,14,29H,4-5H2,1-3H3,(H,27,28,30). The molecule has 8 heteroatoms. The van der Waals surface area contributed by atoms with Crippen LogP contribution in [0.15, 0.2) is 42.9 Å². The lowest BCUT2D eigenvalue weighted by Gasteiger charge is -2.08. The summed E-state index contributed by atoms with van der Waals surface area (Å²) < 4.78 is 0.952. The van der Waals surface area contributed by atoms with Gasteiger partial charge in [-0.3, -0.25) is 9.78 Å². The number of thiazole rings is 1. The molecule has 2 N–H and O–H groups in total. The number of nitrogens with zero attached hydrogens (tertiary/aromatic N) is 4. The first kappa shape index (κ1) is 21.0. The van der Waals surface area contributed by atoms with Crippen LogP contribution in [0.4, 0.5) is 5.13 Å². The normalized spacial score (nSPS) is 12.1. The van der Waals surface area contributed by atoms with E-state index in [0.717, 1.165) is 44.6 Å². The summed E-state index contributed by atoms with van der Waals surface area (Å²) in [6, 6.07) is 8.00. The molecule has 0 saturated carbocycles. The second-order valence-corrected chi connectivity index (χ2v) is 8.42. The molecule has 0 fully saturated rings. The Morgan fingerprint density at radius 1 is 1.13 bits per heavy atom. The molecule has 1 unspecified atom stereocenters. The van der Waals surface area contributed by atoms with Crippen LogP contribution >= 0.6 is 11.3 Å². The number of amides is 1. The number of aryl methyl sites for hydroxylation is 1. The van der Waals surface area contributed by atoms with Gasteiger partial charge < -0.3 is 10.4 Å². The summed E-state index contributed by atoms with van der Waals surface area (Å²) >= 11 is 1.44. The average Bonchev–Trinajstić information content (AvgIpc) is 3.16. The molecule has 1 amide bonds. The predicted molar refractivity (Wildman–Crippen MR) is 123 cm³/mol. The molecule has 31 heavy (non-hydrogen) atoms. The van der Waals surface area contributed by atoms with Crippen LogP contribution < -0.4 is 5.32 Å². The van der Waals surface area contributed by atoms with Crippen molar-refractivity contribution in [2.45, 2.75) is 39.7 Å². The zero-order valence-corrected chi connectivity index (χ0v) is 18.4. The summed E-state index contributed by atoms with van der Waals surface area (Å²) in [5.74, 6) is 0.332. The quantitative estimate of drug-likeness (QED) is 0.448. The number of nitrogens with one attached hydrogen (secondary N) is 1. The Kier molecular flexibility index (Phi) is 6.01. The monoisotopic (exact) mass is 433 g/mol. The number of benzene rings is 1. The molecule has 4 aromatic rings. The molecule has 0 aliphatic carbocycles. The van der Waals surface area contributed by atoms with E-state index < -0.39 is 6.10 Å². The lowest BCUT2D eigenvalue weighted by atomic mass is 10.0. The van der Waals surface area contributed by atoms with E-state index in [-0.39, 0.29) is 5.91 Å². The highest BCUT2D eigenvalue weighted by Crippen LogP contribution is 2.38. The highest BCUT2D eigenvalue weighted by molar-refractivity contribution is 7.22. The molecule has 0 radical (unpaired) electrons. The smallest absolute Gasteiger partial charge is 0.226 e. The van der Waals surface area contributed by atoms with Crippen LogP contribution in [0.3, 0.4) is 0 Å². The van der Waals surface area contributed by atoms with Gasteiger partial charge >= 0.3 is 0 Å².